The summed E-state index contributed by atoms with van der Waals surface area (Å²) in [5.41, 5.74) is 0.605. The molecule has 0 aliphatic carbocycles. The van der Waals surface area contributed by atoms with Crippen molar-refractivity contribution in [3.8, 4) is 11.4 Å². The van der Waals surface area contributed by atoms with Gasteiger partial charge < -0.3 is 18.9 Å². The topological polar surface area (TPSA) is 115 Å². The van der Waals surface area contributed by atoms with E-state index in [2.05, 4.69) is 10.1 Å². The van der Waals surface area contributed by atoms with Crippen LogP contribution in [0, 0.1) is 12.8 Å². The second-order valence-electron chi connectivity index (χ2n) is 8.43. The number of hydrogen-bond acceptors (Lipinski definition) is 9. The van der Waals surface area contributed by atoms with Gasteiger partial charge in [-0.15, -0.1) is 11.3 Å². The van der Waals surface area contributed by atoms with Gasteiger partial charge in [-0.3, -0.25) is 4.79 Å². The summed E-state index contributed by atoms with van der Waals surface area (Å²) in [5, 5.41) is 5.56. The van der Waals surface area contributed by atoms with Gasteiger partial charge in [0.1, 0.15) is 4.21 Å². The van der Waals surface area contributed by atoms with Crippen LogP contribution in [0.3, 0.4) is 0 Å². The van der Waals surface area contributed by atoms with Crippen molar-refractivity contribution in [1.29, 1.82) is 0 Å². The average molecular weight is 483 g/mol. The minimum Gasteiger partial charge on any atom is -0.347 e. The lowest BCUT2D eigenvalue weighted by molar-refractivity contribution is -0.188. The van der Waals surface area contributed by atoms with Gasteiger partial charge in [-0.05, 0) is 18.9 Å². The van der Waals surface area contributed by atoms with E-state index in [-0.39, 0.29) is 22.6 Å². The summed E-state index contributed by atoms with van der Waals surface area (Å²) in [7, 11) is -3.70. The largest absolute Gasteiger partial charge is 0.347 e. The van der Waals surface area contributed by atoms with Crippen LogP contribution < -0.4 is 0 Å². The van der Waals surface area contributed by atoms with E-state index in [1.165, 1.54) is 4.31 Å². The van der Waals surface area contributed by atoms with E-state index in [1.807, 2.05) is 4.90 Å². The average Bonchev–Trinajstić information content (AvgIpc) is 3.55. The van der Waals surface area contributed by atoms with Gasteiger partial charge in [-0.2, -0.15) is 9.29 Å². The number of aryl methyl sites for hydroxylation is 1. The molecule has 1 spiro atoms. The van der Waals surface area contributed by atoms with Gasteiger partial charge in [0, 0.05) is 56.9 Å². The van der Waals surface area contributed by atoms with Crippen LogP contribution in [0.15, 0.2) is 20.2 Å². The summed E-state index contributed by atoms with van der Waals surface area (Å²) < 4.78 is 44.7. The third-order valence-corrected chi connectivity index (χ3v) is 9.62. The molecule has 3 aliphatic rings. The maximum atomic E-state index is 13.3. The Labute approximate surface area is 190 Å². The molecule has 3 saturated heterocycles. The molecule has 2 aromatic heterocycles. The smallest absolute Gasteiger partial charge is 0.252 e. The van der Waals surface area contributed by atoms with Crippen LogP contribution in [-0.2, 0) is 24.3 Å². The number of aromatic nitrogens is 2. The zero-order chi connectivity index (χ0) is 22.3. The van der Waals surface area contributed by atoms with Gasteiger partial charge >= 0.3 is 0 Å². The van der Waals surface area contributed by atoms with Crippen LogP contribution in [0.25, 0.3) is 11.4 Å². The van der Waals surface area contributed by atoms with E-state index in [0.29, 0.717) is 75.8 Å². The molecular weight excluding hydrogens is 456 g/mol. The first-order valence-corrected chi connectivity index (χ1v) is 13.1. The second kappa shape index (κ2) is 8.49. The number of carbonyl (C=O) groups is 1. The molecule has 0 bridgehead atoms. The molecule has 174 valence electrons. The molecule has 3 aliphatic heterocycles. The van der Waals surface area contributed by atoms with Crippen LogP contribution >= 0.6 is 11.3 Å². The maximum absolute atomic E-state index is 13.3. The number of nitrogens with zero attached hydrogens (tertiary/aromatic N) is 4. The Kier molecular flexibility index (Phi) is 5.82. The molecule has 0 aromatic carbocycles. The highest BCUT2D eigenvalue weighted by Crippen LogP contribution is 2.34. The quantitative estimate of drug-likeness (QED) is 0.649. The lowest BCUT2D eigenvalue weighted by Crippen LogP contribution is -2.51. The van der Waals surface area contributed by atoms with Crippen LogP contribution in [0.1, 0.15) is 31.6 Å². The highest BCUT2D eigenvalue weighted by atomic mass is 32.2. The molecule has 0 N–H and O–H groups in total. The number of rotatable bonds is 4. The molecule has 1 atom stereocenters. The zero-order valence-electron chi connectivity index (χ0n) is 17.9. The Hall–Kier alpha value is -1.86. The fourth-order valence-electron chi connectivity index (χ4n) is 4.59. The van der Waals surface area contributed by atoms with Crippen molar-refractivity contribution in [1.82, 2.24) is 19.3 Å². The van der Waals surface area contributed by atoms with Crippen molar-refractivity contribution in [2.24, 2.45) is 5.92 Å². The van der Waals surface area contributed by atoms with E-state index in [0.717, 1.165) is 11.3 Å². The number of ether oxygens (including phenoxy) is 2. The number of likely N-dealkylation sites (tertiary alicyclic amines) is 1. The van der Waals surface area contributed by atoms with Crippen molar-refractivity contribution in [2.45, 2.75) is 42.6 Å². The maximum Gasteiger partial charge on any atom is 0.252 e. The summed E-state index contributed by atoms with van der Waals surface area (Å²) in [4.78, 5) is 19.1. The molecule has 3 fully saturated rings. The van der Waals surface area contributed by atoms with Crippen molar-refractivity contribution < 1.29 is 27.2 Å². The third-order valence-electron chi connectivity index (χ3n) is 6.34. The molecule has 1 unspecified atom stereocenters. The minimum atomic E-state index is -3.70. The van der Waals surface area contributed by atoms with Gasteiger partial charge in [-0.25, -0.2) is 8.42 Å². The normalized spacial score (nSPS) is 24.3. The predicted molar refractivity (Wildman–Crippen MR) is 114 cm³/mol. The van der Waals surface area contributed by atoms with Crippen molar-refractivity contribution in [3.63, 3.8) is 0 Å². The molecule has 32 heavy (non-hydrogen) atoms. The summed E-state index contributed by atoms with van der Waals surface area (Å²) in [6, 6.07) is 1.57. The van der Waals surface area contributed by atoms with E-state index in [4.69, 9.17) is 14.0 Å². The molecule has 0 radical (unpaired) electrons. The standard InChI is InChI=1S/C20H26N4O6S2/c1-14-21-18(22-30-14)16-11-17(31-13-16)32(26,27)24-6-2-3-15(12-24)19(25)23-7-4-20(5-8-23)28-9-10-29-20/h11,13,15H,2-10,12H2,1H3. The van der Waals surface area contributed by atoms with Gasteiger partial charge in [-0.1, -0.05) is 5.16 Å². The Balaban J connectivity index is 1.25. The summed E-state index contributed by atoms with van der Waals surface area (Å²) >= 11 is 1.13. The number of amides is 1. The Morgan fingerprint density at radius 2 is 1.97 bits per heavy atom. The molecule has 5 heterocycles. The molecule has 12 heteroatoms. The fraction of sp³-hybridized carbons (Fsp3) is 0.650. The van der Waals surface area contributed by atoms with Gasteiger partial charge in [0.15, 0.2) is 5.79 Å². The van der Waals surface area contributed by atoms with E-state index in [1.54, 1.807) is 18.4 Å². The van der Waals surface area contributed by atoms with E-state index in [9.17, 15) is 13.2 Å². The fourth-order valence-corrected chi connectivity index (χ4v) is 7.42. The van der Waals surface area contributed by atoms with Crippen LogP contribution in [0.5, 0.6) is 0 Å². The number of carbonyl (C=O) groups excluding carboxylic acids is 1. The third kappa shape index (κ3) is 4.10. The molecule has 1 amide bonds. The summed E-state index contributed by atoms with van der Waals surface area (Å²) in [6.45, 7) is 4.62. The van der Waals surface area contributed by atoms with Gasteiger partial charge in [0.2, 0.25) is 17.6 Å². The monoisotopic (exact) mass is 482 g/mol. The first-order chi connectivity index (χ1) is 15.4. The van der Waals surface area contributed by atoms with Gasteiger partial charge in [0.25, 0.3) is 10.0 Å². The van der Waals surface area contributed by atoms with Crippen molar-refractivity contribution in [2.75, 3.05) is 39.4 Å². The second-order valence-corrected chi connectivity index (χ2v) is 11.5. The number of sulfonamides is 1. The molecule has 0 saturated carbocycles. The van der Waals surface area contributed by atoms with Crippen molar-refractivity contribution in [3.05, 3.63) is 17.3 Å². The predicted octanol–water partition coefficient (Wildman–Crippen LogP) is 1.87. The van der Waals surface area contributed by atoms with Crippen LogP contribution in [-0.4, -0.2) is 78.9 Å². The number of thiophene rings is 1. The highest BCUT2D eigenvalue weighted by Gasteiger charge is 2.43. The molecule has 10 nitrogen and oxygen atoms in total. The van der Waals surface area contributed by atoms with Gasteiger partial charge in [0.05, 0.1) is 19.1 Å². The number of hydrogen-bond donors (Lipinski definition) is 0. The SMILES string of the molecule is Cc1nc(-c2csc(S(=O)(=O)N3CCCC(C(=O)N4CCC5(CC4)OCCO5)C3)c2)no1. The first-order valence-electron chi connectivity index (χ1n) is 10.8. The molecule has 2 aromatic rings. The minimum absolute atomic E-state index is 0.0203. The molecular formula is C20H26N4O6S2. The molecule has 5 rings (SSSR count). The van der Waals surface area contributed by atoms with E-state index < -0.39 is 15.8 Å². The lowest BCUT2D eigenvalue weighted by Gasteiger charge is -2.40. The highest BCUT2D eigenvalue weighted by molar-refractivity contribution is 7.91. The Morgan fingerprint density at radius 1 is 1.22 bits per heavy atom. The Morgan fingerprint density at radius 3 is 2.66 bits per heavy atom. The Bertz CT molecular complexity index is 1080. The van der Waals surface area contributed by atoms with E-state index >= 15 is 0 Å². The summed E-state index contributed by atoms with van der Waals surface area (Å²) in [5.74, 6) is -0.0656. The first kappa shape index (κ1) is 22.0. The van der Waals surface area contributed by atoms with Crippen LogP contribution in [0.2, 0.25) is 0 Å². The lowest BCUT2D eigenvalue weighted by atomic mass is 9.96. The van der Waals surface area contributed by atoms with Crippen molar-refractivity contribution >= 4 is 27.3 Å². The van der Waals surface area contributed by atoms with Crippen LogP contribution in [0.4, 0.5) is 0 Å². The number of piperidine rings is 2. The summed E-state index contributed by atoms with van der Waals surface area (Å²) in [6.07, 6.45) is 2.65. The zero-order valence-corrected chi connectivity index (χ0v) is 19.5.